The van der Waals surface area contributed by atoms with Gasteiger partial charge in [-0.3, -0.25) is 9.59 Å². The van der Waals surface area contributed by atoms with Crippen molar-refractivity contribution in [3.05, 3.63) is 87.4 Å². The third-order valence-corrected chi connectivity index (χ3v) is 4.61. The second-order valence-corrected chi connectivity index (χ2v) is 7.23. The summed E-state index contributed by atoms with van der Waals surface area (Å²) in [6.07, 6.45) is 0. The van der Waals surface area contributed by atoms with Gasteiger partial charge in [0.1, 0.15) is 5.75 Å². The summed E-state index contributed by atoms with van der Waals surface area (Å²) < 4.78 is 5.44. The molecule has 0 radical (unpaired) electrons. The Labute approximate surface area is 182 Å². The van der Waals surface area contributed by atoms with E-state index in [0.29, 0.717) is 37.8 Å². The van der Waals surface area contributed by atoms with Gasteiger partial charge >= 0.3 is 0 Å². The average molecular weight is 450 g/mol. The molecule has 0 spiro atoms. The Hall–Kier alpha value is -2.73. The smallest absolute Gasteiger partial charge is 0.262 e. The van der Waals surface area contributed by atoms with Gasteiger partial charge in [0.25, 0.3) is 11.8 Å². The maximum atomic E-state index is 12.4. The number of anilines is 2. The summed E-state index contributed by atoms with van der Waals surface area (Å²) in [7, 11) is 0. The topological polar surface area (TPSA) is 67.4 Å². The van der Waals surface area contributed by atoms with Crippen molar-refractivity contribution in [1.82, 2.24) is 0 Å². The first-order chi connectivity index (χ1) is 13.9. The summed E-state index contributed by atoms with van der Waals surface area (Å²) in [6, 6.07) is 17.9. The second-order valence-electron chi connectivity index (χ2n) is 5.95. The Morgan fingerprint density at radius 2 is 1.45 bits per heavy atom. The predicted octanol–water partition coefficient (Wildman–Crippen LogP) is 5.92. The Morgan fingerprint density at radius 1 is 0.793 bits per heavy atom. The van der Waals surface area contributed by atoms with Crippen LogP contribution in [0.1, 0.15) is 10.4 Å². The zero-order valence-electron chi connectivity index (χ0n) is 14.9. The number of rotatable bonds is 6. The summed E-state index contributed by atoms with van der Waals surface area (Å²) in [5.41, 5.74) is 1.44. The Bertz CT molecular complexity index is 1020. The van der Waals surface area contributed by atoms with Crippen LogP contribution in [0.4, 0.5) is 11.4 Å². The first kappa shape index (κ1) is 21.0. The molecule has 0 saturated heterocycles. The highest BCUT2D eigenvalue weighted by Crippen LogP contribution is 2.26. The van der Waals surface area contributed by atoms with E-state index in [-0.39, 0.29) is 18.4 Å². The standard InChI is InChI=1S/C21H15Cl3N2O3/c22-14-3-6-16(7-4-14)25-20(27)12-29-17-8-1-13(2-9-17)21(28)26-19-11-15(23)5-10-18(19)24/h1-11H,12H2,(H,25,27)(H,26,28). The molecule has 5 nitrogen and oxygen atoms in total. The van der Waals surface area contributed by atoms with Crippen molar-refractivity contribution in [2.24, 2.45) is 0 Å². The van der Waals surface area contributed by atoms with Crippen molar-refractivity contribution in [3.63, 3.8) is 0 Å². The number of benzene rings is 3. The van der Waals surface area contributed by atoms with E-state index in [4.69, 9.17) is 39.5 Å². The number of hydrogen-bond donors (Lipinski definition) is 2. The minimum atomic E-state index is -0.346. The molecule has 0 saturated carbocycles. The first-order valence-electron chi connectivity index (χ1n) is 8.45. The van der Waals surface area contributed by atoms with Crippen LogP contribution in [0.15, 0.2) is 66.7 Å². The number of carbonyl (C=O) groups is 2. The van der Waals surface area contributed by atoms with E-state index in [1.54, 1.807) is 66.7 Å². The Kier molecular flexibility index (Phi) is 6.99. The summed E-state index contributed by atoms with van der Waals surface area (Å²) in [5.74, 6) is -0.209. The summed E-state index contributed by atoms with van der Waals surface area (Å²) in [5, 5.41) is 6.83. The van der Waals surface area contributed by atoms with Crippen LogP contribution in [0, 0.1) is 0 Å². The third-order valence-electron chi connectivity index (χ3n) is 3.79. The van der Waals surface area contributed by atoms with E-state index in [1.165, 1.54) is 0 Å². The van der Waals surface area contributed by atoms with E-state index in [1.807, 2.05) is 0 Å². The summed E-state index contributed by atoms with van der Waals surface area (Å²) in [4.78, 5) is 24.3. The normalized spacial score (nSPS) is 10.3. The fourth-order valence-corrected chi connectivity index (χ4v) is 2.83. The molecule has 0 aliphatic rings. The molecule has 0 heterocycles. The van der Waals surface area contributed by atoms with Crippen LogP contribution in [0.2, 0.25) is 15.1 Å². The minimum absolute atomic E-state index is 0.174. The number of carbonyl (C=O) groups excluding carboxylic acids is 2. The van der Waals surface area contributed by atoms with E-state index in [2.05, 4.69) is 10.6 Å². The van der Waals surface area contributed by atoms with E-state index in [9.17, 15) is 9.59 Å². The quantitative estimate of drug-likeness (QED) is 0.491. The van der Waals surface area contributed by atoms with Crippen LogP contribution in [-0.4, -0.2) is 18.4 Å². The Balaban J connectivity index is 1.54. The number of halogens is 3. The highest BCUT2D eigenvalue weighted by Gasteiger charge is 2.10. The highest BCUT2D eigenvalue weighted by molar-refractivity contribution is 6.35. The average Bonchev–Trinajstić information content (AvgIpc) is 2.71. The zero-order valence-corrected chi connectivity index (χ0v) is 17.2. The molecule has 148 valence electrons. The van der Waals surface area contributed by atoms with Gasteiger partial charge in [0.15, 0.2) is 6.61 Å². The third kappa shape index (κ3) is 6.12. The molecule has 0 aliphatic carbocycles. The van der Waals surface area contributed by atoms with Crippen LogP contribution >= 0.6 is 34.8 Å². The van der Waals surface area contributed by atoms with Gasteiger partial charge in [0.05, 0.1) is 10.7 Å². The molecule has 2 N–H and O–H groups in total. The maximum absolute atomic E-state index is 12.4. The van der Waals surface area contributed by atoms with Crippen molar-refractivity contribution < 1.29 is 14.3 Å². The lowest BCUT2D eigenvalue weighted by Crippen LogP contribution is -2.20. The molecule has 0 fully saturated rings. The van der Waals surface area contributed by atoms with Gasteiger partial charge < -0.3 is 15.4 Å². The second kappa shape index (κ2) is 9.65. The molecule has 0 aromatic heterocycles. The van der Waals surface area contributed by atoms with Crippen LogP contribution < -0.4 is 15.4 Å². The van der Waals surface area contributed by atoms with Gasteiger partial charge in [-0.15, -0.1) is 0 Å². The van der Waals surface area contributed by atoms with Gasteiger partial charge in [0.2, 0.25) is 0 Å². The van der Waals surface area contributed by atoms with Gasteiger partial charge in [0, 0.05) is 21.3 Å². The first-order valence-corrected chi connectivity index (χ1v) is 9.59. The molecule has 3 aromatic rings. The minimum Gasteiger partial charge on any atom is -0.484 e. The van der Waals surface area contributed by atoms with Crippen LogP contribution in [0.25, 0.3) is 0 Å². The summed E-state index contributed by atoms with van der Waals surface area (Å²) in [6.45, 7) is -0.174. The molecule has 29 heavy (non-hydrogen) atoms. The lowest BCUT2D eigenvalue weighted by molar-refractivity contribution is -0.118. The molecule has 0 unspecified atom stereocenters. The lowest BCUT2D eigenvalue weighted by atomic mass is 10.2. The molecule has 0 aliphatic heterocycles. The maximum Gasteiger partial charge on any atom is 0.262 e. The number of ether oxygens (including phenoxy) is 1. The van der Waals surface area contributed by atoms with Crippen molar-refractivity contribution in [3.8, 4) is 5.75 Å². The van der Waals surface area contributed by atoms with Gasteiger partial charge in [-0.2, -0.15) is 0 Å². The molecule has 0 atom stereocenters. The monoisotopic (exact) mass is 448 g/mol. The molecule has 3 rings (SSSR count). The molecule has 2 amide bonds. The molecular formula is C21H15Cl3N2O3. The van der Waals surface area contributed by atoms with E-state index >= 15 is 0 Å². The van der Waals surface area contributed by atoms with Crippen molar-refractivity contribution >= 4 is 58.0 Å². The van der Waals surface area contributed by atoms with Gasteiger partial charge in [-0.05, 0) is 66.7 Å². The van der Waals surface area contributed by atoms with Crippen LogP contribution in [0.3, 0.4) is 0 Å². The van der Waals surface area contributed by atoms with Crippen LogP contribution in [-0.2, 0) is 4.79 Å². The molecule has 8 heteroatoms. The van der Waals surface area contributed by atoms with Crippen LogP contribution in [0.5, 0.6) is 5.75 Å². The van der Waals surface area contributed by atoms with E-state index < -0.39 is 0 Å². The summed E-state index contributed by atoms with van der Waals surface area (Å²) >= 11 is 17.8. The van der Waals surface area contributed by atoms with Crippen molar-refractivity contribution in [2.45, 2.75) is 0 Å². The van der Waals surface area contributed by atoms with Crippen molar-refractivity contribution in [1.29, 1.82) is 0 Å². The number of amides is 2. The van der Waals surface area contributed by atoms with Crippen molar-refractivity contribution in [2.75, 3.05) is 17.2 Å². The van der Waals surface area contributed by atoms with Gasteiger partial charge in [-0.1, -0.05) is 34.8 Å². The largest absolute Gasteiger partial charge is 0.484 e. The molecule has 0 bridgehead atoms. The van der Waals surface area contributed by atoms with E-state index in [0.717, 1.165) is 0 Å². The van der Waals surface area contributed by atoms with Gasteiger partial charge in [-0.25, -0.2) is 0 Å². The molecule has 3 aromatic carbocycles. The Morgan fingerprint density at radius 3 is 2.14 bits per heavy atom. The lowest BCUT2D eigenvalue weighted by Gasteiger charge is -2.10. The predicted molar refractivity (Wildman–Crippen MR) is 116 cm³/mol. The SMILES string of the molecule is O=C(COc1ccc(C(=O)Nc2cc(Cl)ccc2Cl)cc1)Nc1ccc(Cl)cc1. The number of hydrogen-bond acceptors (Lipinski definition) is 3. The fraction of sp³-hybridized carbons (Fsp3) is 0.0476. The zero-order chi connectivity index (χ0) is 20.8. The highest BCUT2D eigenvalue weighted by atomic mass is 35.5. The number of nitrogens with one attached hydrogen (secondary N) is 2. The molecular weight excluding hydrogens is 435 g/mol. The fourth-order valence-electron chi connectivity index (χ4n) is 2.37.